The van der Waals surface area contributed by atoms with Gasteiger partial charge in [-0.25, -0.2) is 4.79 Å². The Bertz CT molecular complexity index is 793. The van der Waals surface area contributed by atoms with Gasteiger partial charge in [-0.05, 0) is 39.2 Å². The number of nitrogens with two attached hydrogens (primary N) is 1. The van der Waals surface area contributed by atoms with Gasteiger partial charge in [-0.3, -0.25) is 24.0 Å². The molecule has 0 aromatic carbocycles. The minimum atomic E-state index is -2.45. The van der Waals surface area contributed by atoms with Crippen molar-refractivity contribution in [2.75, 3.05) is 13.2 Å². The molecule has 0 heterocycles. The van der Waals surface area contributed by atoms with Crippen LogP contribution in [0.2, 0.25) is 0 Å². The molecule has 0 bridgehead atoms. The van der Waals surface area contributed by atoms with Gasteiger partial charge in [0.15, 0.2) is 6.10 Å². The molecule has 3 amide bonds. The fourth-order valence-electron chi connectivity index (χ4n) is 2.77. The molecule has 36 heavy (non-hydrogen) atoms. The third-order valence-electron chi connectivity index (χ3n) is 4.99. The lowest BCUT2D eigenvalue weighted by Gasteiger charge is -2.22. The van der Waals surface area contributed by atoms with E-state index in [1.165, 1.54) is 6.92 Å². The molecule has 0 saturated heterocycles. The SMILES string of the molecule is CC(NC(=O)C(CCCCN)NC(=O)CCC(NC(=O)C(=O)C(O)C(O)C(O)CO)C(=O)O)C(=O)O. The summed E-state index contributed by atoms with van der Waals surface area (Å²) in [6, 6.07) is -4.15. The Morgan fingerprint density at radius 2 is 1.44 bits per heavy atom. The smallest absolute Gasteiger partial charge is 0.326 e. The number of hydrogen-bond donors (Lipinski definition) is 10. The molecule has 206 valence electrons. The van der Waals surface area contributed by atoms with Crippen LogP contribution in [0.25, 0.3) is 0 Å². The molecule has 0 aliphatic rings. The maximum Gasteiger partial charge on any atom is 0.326 e. The van der Waals surface area contributed by atoms with Gasteiger partial charge in [-0.2, -0.15) is 0 Å². The second-order valence-electron chi connectivity index (χ2n) is 7.93. The van der Waals surface area contributed by atoms with Gasteiger partial charge in [0.25, 0.3) is 11.7 Å². The molecule has 0 aliphatic carbocycles. The van der Waals surface area contributed by atoms with Crippen molar-refractivity contribution in [3.63, 3.8) is 0 Å². The topological polar surface area (TPSA) is 286 Å². The predicted molar refractivity (Wildman–Crippen MR) is 119 cm³/mol. The quantitative estimate of drug-likeness (QED) is 0.0598. The molecule has 6 unspecified atom stereocenters. The number of aliphatic carboxylic acids is 2. The Morgan fingerprint density at radius 3 is 1.94 bits per heavy atom. The van der Waals surface area contributed by atoms with Crippen LogP contribution >= 0.6 is 0 Å². The van der Waals surface area contributed by atoms with Gasteiger partial charge in [-0.1, -0.05) is 0 Å². The van der Waals surface area contributed by atoms with E-state index in [0.29, 0.717) is 19.4 Å². The molecule has 0 fully saturated rings. The monoisotopic (exact) mass is 522 g/mol. The molecule has 0 spiro atoms. The van der Waals surface area contributed by atoms with Crippen molar-refractivity contribution in [3.8, 4) is 0 Å². The summed E-state index contributed by atoms with van der Waals surface area (Å²) >= 11 is 0. The van der Waals surface area contributed by atoms with E-state index >= 15 is 0 Å². The summed E-state index contributed by atoms with van der Waals surface area (Å²) in [5.74, 6) is -7.83. The number of carbonyl (C=O) groups excluding carboxylic acids is 4. The van der Waals surface area contributed by atoms with E-state index in [1.807, 2.05) is 0 Å². The number of aliphatic hydroxyl groups is 4. The van der Waals surface area contributed by atoms with E-state index in [0.717, 1.165) is 0 Å². The Kier molecular flexibility index (Phi) is 15.0. The van der Waals surface area contributed by atoms with Crippen molar-refractivity contribution in [2.45, 2.75) is 75.5 Å². The van der Waals surface area contributed by atoms with E-state index in [9.17, 15) is 49.2 Å². The highest BCUT2D eigenvalue weighted by atomic mass is 16.4. The lowest BCUT2D eigenvalue weighted by atomic mass is 10.0. The number of Topliss-reactive ketones (excluding diaryl/α,β-unsaturated/α-hetero) is 1. The van der Waals surface area contributed by atoms with Crippen molar-refractivity contribution in [1.29, 1.82) is 0 Å². The lowest BCUT2D eigenvalue weighted by Crippen LogP contribution is -2.52. The van der Waals surface area contributed by atoms with E-state index in [4.69, 9.17) is 15.9 Å². The molecule has 16 heteroatoms. The number of nitrogens with one attached hydrogen (secondary N) is 3. The zero-order valence-corrected chi connectivity index (χ0v) is 19.6. The summed E-state index contributed by atoms with van der Waals surface area (Å²) in [5.41, 5.74) is 5.41. The first-order chi connectivity index (χ1) is 16.8. The highest BCUT2D eigenvalue weighted by Gasteiger charge is 2.35. The fourth-order valence-corrected chi connectivity index (χ4v) is 2.77. The molecular weight excluding hydrogens is 488 g/mol. The second-order valence-corrected chi connectivity index (χ2v) is 7.93. The van der Waals surface area contributed by atoms with Crippen LogP contribution in [0.15, 0.2) is 0 Å². The van der Waals surface area contributed by atoms with Gasteiger partial charge in [0.05, 0.1) is 6.61 Å². The van der Waals surface area contributed by atoms with E-state index in [2.05, 4.69) is 10.6 Å². The van der Waals surface area contributed by atoms with Crippen molar-refractivity contribution < 1.29 is 59.4 Å². The number of aliphatic hydroxyl groups excluding tert-OH is 4. The molecule has 16 nitrogen and oxygen atoms in total. The Hall–Kier alpha value is -3.18. The van der Waals surface area contributed by atoms with E-state index in [-0.39, 0.29) is 6.42 Å². The van der Waals surface area contributed by atoms with E-state index in [1.54, 1.807) is 5.32 Å². The van der Waals surface area contributed by atoms with Crippen molar-refractivity contribution in [2.24, 2.45) is 5.73 Å². The number of unbranched alkanes of at least 4 members (excludes halogenated alkanes) is 1. The van der Waals surface area contributed by atoms with E-state index < -0.39 is 91.3 Å². The van der Waals surface area contributed by atoms with Crippen LogP contribution in [-0.4, -0.2) is 116 Å². The molecule has 0 aromatic heterocycles. The zero-order valence-electron chi connectivity index (χ0n) is 19.6. The normalized spacial score (nSPS) is 15.9. The van der Waals surface area contributed by atoms with Crippen LogP contribution in [-0.2, 0) is 28.8 Å². The molecule has 0 saturated carbocycles. The number of carbonyl (C=O) groups is 6. The van der Waals surface area contributed by atoms with Crippen molar-refractivity contribution in [1.82, 2.24) is 16.0 Å². The predicted octanol–water partition coefficient (Wildman–Crippen LogP) is -4.82. The average Bonchev–Trinajstić information content (AvgIpc) is 2.83. The standard InChI is InChI=1S/C20H34N4O12/c1-9(19(33)34)22-17(31)10(4-2-3-7-21)23-13(27)6-5-11(20(35)36)24-18(32)16(30)15(29)14(28)12(26)8-25/h9-12,14-15,25-26,28-29H,2-8,21H2,1H3,(H,22,31)(H,23,27)(H,24,32)(H,33,34)(H,35,36). The summed E-state index contributed by atoms with van der Waals surface area (Å²) in [6.45, 7) is 0.512. The molecule has 0 aromatic rings. The molecule has 6 atom stereocenters. The molecule has 0 radical (unpaired) electrons. The van der Waals surface area contributed by atoms with Crippen LogP contribution in [0.5, 0.6) is 0 Å². The summed E-state index contributed by atoms with van der Waals surface area (Å²) in [7, 11) is 0. The second kappa shape index (κ2) is 16.5. The van der Waals surface area contributed by atoms with Crippen LogP contribution in [0.3, 0.4) is 0 Å². The first kappa shape index (κ1) is 32.8. The molecular formula is C20H34N4O12. The van der Waals surface area contributed by atoms with Gasteiger partial charge < -0.3 is 52.3 Å². The average molecular weight is 523 g/mol. The third kappa shape index (κ3) is 11.5. The van der Waals surface area contributed by atoms with Crippen LogP contribution in [0, 0.1) is 0 Å². The Balaban J connectivity index is 5.11. The highest BCUT2D eigenvalue weighted by molar-refractivity contribution is 6.38. The Labute approximate surface area is 205 Å². The van der Waals surface area contributed by atoms with Gasteiger partial charge in [0.2, 0.25) is 11.8 Å². The lowest BCUT2D eigenvalue weighted by molar-refractivity contribution is -0.152. The van der Waals surface area contributed by atoms with Crippen molar-refractivity contribution in [3.05, 3.63) is 0 Å². The summed E-state index contributed by atoms with van der Waals surface area (Å²) in [6.07, 6.45) is -6.62. The number of carboxylic acids is 2. The van der Waals surface area contributed by atoms with Gasteiger partial charge >= 0.3 is 11.9 Å². The Morgan fingerprint density at radius 1 is 0.833 bits per heavy atom. The first-order valence-corrected chi connectivity index (χ1v) is 11.0. The molecule has 0 rings (SSSR count). The zero-order chi connectivity index (χ0) is 28.0. The summed E-state index contributed by atoms with van der Waals surface area (Å²) in [5, 5.41) is 61.7. The maximum atomic E-state index is 12.4. The summed E-state index contributed by atoms with van der Waals surface area (Å²) in [4.78, 5) is 71.0. The maximum absolute atomic E-state index is 12.4. The number of rotatable bonds is 18. The van der Waals surface area contributed by atoms with Crippen molar-refractivity contribution >= 4 is 35.4 Å². The van der Waals surface area contributed by atoms with Crippen LogP contribution < -0.4 is 21.7 Å². The number of amides is 3. The number of ketones is 1. The van der Waals surface area contributed by atoms with Gasteiger partial charge in [-0.15, -0.1) is 0 Å². The molecule has 0 aliphatic heterocycles. The summed E-state index contributed by atoms with van der Waals surface area (Å²) < 4.78 is 0. The van der Waals surface area contributed by atoms with Gasteiger partial charge in [0.1, 0.15) is 30.3 Å². The minimum absolute atomic E-state index is 0.120. The highest BCUT2D eigenvalue weighted by Crippen LogP contribution is 2.06. The van der Waals surface area contributed by atoms with Crippen LogP contribution in [0.1, 0.15) is 39.0 Å². The molecule has 11 N–H and O–H groups in total. The first-order valence-electron chi connectivity index (χ1n) is 11.0. The van der Waals surface area contributed by atoms with Gasteiger partial charge in [0, 0.05) is 6.42 Å². The number of hydrogen-bond acceptors (Lipinski definition) is 11. The largest absolute Gasteiger partial charge is 0.480 e. The van der Waals surface area contributed by atoms with Crippen LogP contribution in [0.4, 0.5) is 0 Å². The minimum Gasteiger partial charge on any atom is -0.480 e. The fraction of sp³-hybridized carbons (Fsp3) is 0.700. The number of carboxylic acid groups (broad SMARTS) is 2. The third-order valence-corrected chi connectivity index (χ3v) is 4.99.